The summed E-state index contributed by atoms with van der Waals surface area (Å²) in [5.41, 5.74) is 2.75. The van der Waals surface area contributed by atoms with Crippen LogP contribution in [0.15, 0.2) is 66.4 Å². The number of carboxylic acid groups (broad SMARTS) is 1. The molecule has 1 amide bonds. The zero-order valence-corrected chi connectivity index (χ0v) is 16.1. The second kappa shape index (κ2) is 8.46. The van der Waals surface area contributed by atoms with E-state index in [0.29, 0.717) is 22.1 Å². The van der Waals surface area contributed by atoms with Crippen LogP contribution in [0.25, 0.3) is 11.8 Å². The maximum atomic E-state index is 12.6. The summed E-state index contributed by atoms with van der Waals surface area (Å²) in [6.07, 6.45) is 3.23. The predicted molar refractivity (Wildman–Crippen MR) is 111 cm³/mol. The molecule has 29 heavy (non-hydrogen) atoms. The maximum absolute atomic E-state index is 12.6. The molecule has 3 rings (SSSR count). The number of anilines is 1. The summed E-state index contributed by atoms with van der Waals surface area (Å²) in [5.74, 6) is -1.56. The van der Waals surface area contributed by atoms with Crippen LogP contribution in [0.3, 0.4) is 0 Å². The highest BCUT2D eigenvalue weighted by Crippen LogP contribution is 2.22. The Labute approximate surface area is 172 Å². The van der Waals surface area contributed by atoms with E-state index >= 15 is 0 Å². The van der Waals surface area contributed by atoms with Crippen molar-refractivity contribution >= 4 is 35.2 Å². The number of aromatic carboxylic acids is 1. The highest BCUT2D eigenvalue weighted by molar-refractivity contribution is 6.31. The monoisotopic (exact) mass is 405 g/mol. The molecule has 0 saturated heterocycles. The Morgan fingerprint density at radius 2 is 1.90 bits per heavy atom. The second-order valence-corrected chi connectivity index (χ2v) is 6.67. The van der Waals surface area contributed by atoms with Gasteiger partial charge in [-0.15, -0.1) is 0 Å². The molecule has 0 saturated carbocycles. The number of carboxylic acids is 1. The molecule has 0 fully saturated rings. The van der Waals surface area contributed by atoms with E-state index in [1.165, 1.54) is 18.2 Å². The molecule has 0 aliphatic carbocycles. The van der Waals surface area contributed by atoms with Gasteiger partial charge in [0, 0.05) is 28.3 Å². The predicted octanol–water partition coefficient (Wildman–Crippen LogP) is 4.68. The lowest BCUT2D eigenvalue weighted by molar-refractivity contribution is -0.112. The maximum Gasteiger partial charge on any atom is 0.335 e. The first-order chi connectivity index (χ1) is 13.9. The van der Waals surface area contributed by atoms with Crippen LogP contribution in [-0.2, 0) is 4.79 Å². The first kappa shape index (κ1) is 19.9. The number of carbonyl (C=O) groups is 2. The van der Waals surface area contributed by atoms with E-state index in [0.717, 1.165) is 5.56 Å². The molecule has 144 valence electrons. The second-order valence-electron chi connectivity index (χ2n) is 6.24. The fraction of sp³-hybridized carbons (Fsp3) is 0.0455. The third kappa shape index (κ3) is 4.54. The van der Waals surface area contributed by atoms with Gasteiger partial charge >= 0.3 is 5.97 Å². The summed E-state index contributed by atoms with van der Waals surface area (Å²) < 4.78 is 1.75. The number of amides is 1. The number of hydrogen-bond donors (Lipinski definition) is 2. The standard InChI is InChI=1S/C22H16ClN3O3/c1-14-4-7-17(23)12-20(14)25-21(27)16(13-24)11-19-3-2-10-26(19)18-8-5-15(6-9-18)22(28)29/h2-12H,1H3,(H,25,27)(H,28,29). The molecule has 1 aromatic heterocycles. The van der Waals surface area contributed by atoms with Gasteiger partial charge in [0.1, 0.15) is 11.6 Å². The van der Waals surface area contributed by atoms with Gasteiger partial charge in [0.15, 0.2) is 0 Å². The lowest BCUT2D eigenvalue weighted by Crippen LogP contribution is -2.14. The molecular weight excluding hydrogens is 390 g/mol. The minimum absolute atomic E-state index is 0.0773. The minimum atomic E-state index is -1.01. The highest BCUT2D eigenvalue weighted by atomic mass is 35.5. The molecule has 0 spiro atoms. The third-order valence-electron chi connectivity index (χ3n) is 4.28. The number of nitrogens with zero attached hydrogens (tertiary/aromatic N) is 2. The van der Waals surface area contributed by atoms with Crippen LogP contribution in [0.2, 0.25) is 5.02 Å². The van der Waals surface area contributed by atoms with Gasteiger partial charge in [-0.25, -0.2) is 4.79 Å². The van der Waals surface area contributed by atoms with Crippen molar-refractivity contribution in [2.75, 3.05) is 5.32 Å². The summed E-state index contributed by atoms with van der Waals surface area (Å²) in [6.45, 7) is 1.83. The number of rotatable bonds is 5. The topological polar surface area (TPSA) is 95.1 Å². The first-order valence-corrected chi connectivity index (χ1v) is 8.97. The van der Waals surface area contributed by atoms with Crippen molar-refractivity contribution in [1.29, 1.82) is 5.26 Å². The zero-order valence-electron chi connectivity index (χ0n) is 15.4. The number of aryl methyl sites for hydroxylation is 1. The van der Waals surface area contributed by atoms with Crippen molar-refractivity contribution in [3.63, 3.8) is 0 Å². The van der Waals surface area contributed by atoms with Gasteiger partial charge < -0.3 is 15.0 Å². The Bertz CT molecular complexity index is 1150. The fourth-order valence-electron chi connectivity index (χ4n) is 2.73. The van der Waals surface area contributed by atoms with E-state index in [4.69, 9.17) is 16.7 Å². The average Bonchev–Trinajstić information content (AvgIpc) is 3.17. The number of nitrogens with one attached hydrogen (secondary N) is 1. The number of benzene rings is 2. The van der Waals surface area contributed by atoms with Crippen molar-refractivity contribution in [1.82, 2.24) is 4.57 Å². The van der Waals surface area contributed by atoms with Crippen molar-refractivity contribution in [3.8, 4) is 11.8 Å². The normalized spacial score (nSPS) is 11.0. The van der Waals surface area contributed by atoms with Crippen LogP contribution in [0.1, 0.15) is 21.6 Å². The summed E-state index contributed by atoms with van der Waals surface area (Å²) in [5, 5.41) is 21.7. The van der Waals surface area contributed by atoms with E-state index in [9.17, 15) is 14.9 Å². The Kier molecular flexibility index (Phi) is 5.82. The van der Waals surface area contributed by atoms with Crippen LogP contribution >= 0.6 is 11.6 Å². The lowest BCUT2D eigenvalue weighted by Gasteiger charge is -2.09. The molecule has 0 atom stereocenters. The summed E-state index contributed by atoms with van der Waals surface area (Å²) in [7, 11) is 0. The summed E-state index contributed by atoms with van der Waals surface area (Å²) in [4.78, 5) is 23.6. The lowest BCUT2D eigenvalue weighted by atomic mass is 10.1. The van der Waals surface area contributed by atoms with Crippen molar-refractivity contribution in [2.24, 2.45) is 0 Å². The zero-order chi connectivity index (χ0) is 21.0. The van der Waals surface area contributed by atoms with Crippen LogP contribution < -0.4 is 5.32 Å². The van der Waals surface area contributed by atoms with Crippen molar-refractivity contribution in [3.05, 3.63) is 88.2 Å². The minimum Gasteiger partial charge on any atom is -0.478 e. The molecule has 6 nitrogen and oxygen atoms in total. The molecule has 0 aliphatic rings. The molecule has 7 heteroatoms. The molecule has 0 aliphatic heterocycles. The van der Waals surface area contributed by atoms with Crippen LogP contribution in [0.4, 0.5) is 5.69 Å². The summed E-state index contributed by atoms with van der Waals surface area (Å²) >= 11 is 5.98. The van der Waals surface area contributed by atoms with Crippen LogP contribution in [0.5, 0.6) is 0 Å². The Morgan fingerprint density at radius 3 is 2.55 bits per heavy atom. The van der Waals surface area contributed by atoms with Gasteiger partial charge in [0.05, 0.1) is 5.56 Å². The van der Waals surface area contributed by atoms with Gasteiger partial charge in [-0.3, -0.25) is 4.79 Å². The quantitative estimate of drug-likeness (QED) is 0.475. The van der Waals surface area contributed by atoms with Crippen LogP contribution in [0, 0.1) is 18.3 Å². The molecular formula is C22H16ClN3O3. The van der Waals surface area contributed by atoms with Gasteiger partial charge in [-0.1, -0.05) is 17.7 Å². The van der Waals surface area contributed by atoms with Crippen molar-refractivity contribution in [2.45, 2.75) is 6.92 Å². The van der Waals surface area contributed by atoms with E-state index in [-0.39, 0.29) is 11.1 Å². The molecule has 0 bridgehead atoms. The van der Waals surface area contributed by atoms with Gasteiger partial charge in [-0.05, 0) is 67.1 Å². The molecule has 2 aromatic carbocycles. The number of nitriles is 1. The highest BCUT2D eigenvalue weighted by Gasteiger charge is 2.13. The van der Waals surface area contributed by atoms with E-state index in [2.05, 4.69) is 5.32 Å². The number of carbonyl (C=O) groups excluding carboxylic acids is 1. The smallest absolute Gasteiger partial charge is 0.335 e. The van der Waals surface area contributed by atoms with Crippen LogP contribution in [-0.4, -0.2) is 21.6 Å². The van der Waals surface area contributed by atoms with Gasteiger partial charge in [0.25, 0.3) is 5.91 Å². The fourth-order valence-corrected chi connectivity index (χ4v) is 2.90. The van der Waals surface area contributed by atoms with Gasteiger partial charge in [0.2, 0.25) is 0 Å². The average molecular weight is 406 g/mol. The number of aromatic nitrogens is 1. The Hall–Kier alpha value is -3.82. The first-order valence-electron chi connectivity index (χ1n) is 8.59. The van der Waals surface area contributed by atoms with E-state index in [1.54, 1.807) is 53.2 Å². The molecule has 2 N–H and O–H groups in total. The summed E-state index contributed by atoms with van der Waals surface area (Å²) in [6, 6.07) is 16.9. The van der Waals surface area contributed by atoms with E-state index in [1.807, 2.05) is 13.0 Å². The molecule has 1 heterocycles. The SMILES string of the molecule is Cc1ccc(Cl)cc1NC(=O)C(C#N)=Cc1cccn1-c1ccc(C(=O)O)cc1. The number of halogens is 1. The Balaban J connectivity index is 1.89. The molecule has 0 radical (unpaired) electrons. The Morgan fingerprint density at radius 1 is 1.17 bits per heavy atom. The third-order valence-corrected chi connectivity index (χ3v) is 4.51. The molecule has 0 unspecified atom stereocenters. The van der Waals surface area contributed by atoms with Crippen molar-refractivity contribution < 1.29 is 14.7 Å². The number of hydrogen-bond acceptors (Lipinski definition) is 3. The van der Waals surface area contributed by atoms with E-state index < -0.39 is 11.9 Å². The largest absolute Gasteiger partial charge is 0.478 e. The molecule has 3 aromatic rings. The van der Waals surface area contributed by atoms with Gasteiger partial charge in [-0.2, -0.15) is 5.26 Å².